The van der Waals surface area contributed by atoms with E-state index in [1.165, 1.54) is 44.2 Å². The van der Waals surface area contributed by atoms with Gasteiger partial charge in [0.1, 0.15) is 11.2 Å². The van der Waals surface area contributed by atoms with Crippen molar-refractivity contribution in [2.24, 2.45) is 0 Å². The molecule has 2 heteroatoms. The summed E-state index contributed by atoms with van der Waals surface area (Å²) in [4.78, 5) is 2.39. The Morgan fingerprint density at radius 1 is 0.357 bits per heavy atom. The van der Waals surface area contributed by atoms with Crippen molar-refractivity contribution in [1.29, 1.82) is 0 Å². The van der Waals surface area contributed by atoms with E-state index in [-0.39, 0.29) is 0 Å². The van der Waals surface area contributed by atoms with Crippen molar-refractivity contribution in [2.45, 2.75) is 12.8 Å². The molecule has 10 aromatic rings. The molecule has 266 valence electrons. The summed E-state index contributed by atoms with van der Waals surface area (Å²) in [5, 5.41) is 4.71. The van der Waals surface area contributed by atoms with Crippen LogP contribution in [0, 0.1) is 0 Å². The Morgan fingerprint density at radius 2 is 0.929 bits per heavy atom. The van der Waals surface area contributed by atoms with E-state index in [4.69, 9.17) is 4.42 Å². The van der Waals surface area contributed by atoms with Gasteiger partial charge in [0.15, 0.2) is 0 Å². The van der Waals surface area contributed by atoms with E-state index < -0.39 is 0 Å². The van der Waals surface area contributed by atoms with E-state index in [1.54, 1.807) is 0 Å². The van der Waals surface area contributed by atoms with Crippen LogP contribution in [0.4, 0.5) is 17.1 Å². The first-order chi connectivity index (χ1) is 27.7. The van der Waals surface area contributed by atoms with Crippen LogP contribution >= 0.6 is 0 Å². The Kier molecular flexibility index (Phi) is 8.70. The fraction of sp³-hybridized carbons (Fsp3) is 0.0370. The normalized spacial score (nSPS) is 11.4. The van der Waals surface area contributed by atoms with Gasteiger partial charge in [-0.15, -0.1) is 0 Å². The molecule has 56 heavy (non-hydrogen) atoms. The maximum atomic E-state index is 6.44. The molecule has 0 spiro atoms. The molecule has 0 bridgehead atoms. The van der Waals surface area contributed by atoms with Crippen molar-refractivity contribution in [3.8, 4) is 22.3 Å². The van der Waals surface area contributed by atoms with E-state index >= 15 is 0 Å². The summed E-state index contributed by atoms with van der Waals surface area (Å²) in [6.07, 6.45) is 1.69. The van der Waals surface area contributed by atoms with Crippen molar-refractivity contribution >= 4 is 49.8 Å². The molecule has 0 aliphatic carbocycles. The number of furan rings is 1. The van der Waals surface area contributed by atoms with E-state index in [0.717, 1.165) is 63.0 Å². The minimum absolute atomic E-state index is 0.815. The van der Waals surface area contributed by atoms with Crippen LogP contribution in [0.3, 0.4) is 0 Å². The fourth-order valence-corrected chi connectivity index (χ4v) is 8.22. The molecule has 2 nitrogen and oxygen atoms in total. The Labute approximate surface area is 327 Å². The minimum Gasteiger partial charge on any atom is -0.455 e. The summed E-state index contributed by atoms with van der Waals surface area (Å²) in [5.41, 5.74) is 15.1. The van der Waals surface area contributed by atoms with Crippen molar-refractivity contribution in [2.75, 3.05) is 4.90 Å². The summed E-state index contributed by atoms with van der Waals surface area (Å²) in [5.74, 6) is 0. The zero-order valence-corrected chi connectivity index (χ0v) is 31.0. The maximum absolute atomic E-state index is 6.44. The first-order valence-corrected chi connectivity index (χ1v) is 19.3. The van der Waals surface area contributed by atoms with Gasteiger partial charge >= 0.3 is 0 Å². The Morgan fingerprint density at radius 3 is 1.73 bits per heavy atom. The second kappa shape index (κ2) is 14.6. The van der Waals surface area contributed by atoms with Gasteiger partial charge in [-0.2, -0.15) is 0 Å². The van der Waals surface area contributed by atoms with Gasteiger partial charge in [0, 0.05) is 33.4 Å². The van der Waals surface area contributed by atoms with E-state index in [0.29, 0.717) is 0 Å². The highest BCUT2D eigenvalue weighted by atomic mass is 16.3. The quantitative estimate of drug-likeness (QED) is 0.148. The Balaban J connectivity index is 1.11. The SMILES string of the molecule is c1ccc(Cc2ccccc2-c2ccc(N(c3ccc(-c4cccc5c4oc4ccccc45)cc3)c3ccc4ccccc4c3)cc2Cc2ccccc2)cc1. The summed E-state index contributed by atoms with van der Waals surface area (Å²) < 4.78 is 6.44. The number of fused-ring (bicyclic) bond motifs is 4. The number of benzene rings is 9. The smallest absolute Gasteiger partial charge is 0.143 e. The molecule has 1 heterocycles. The molecular formula is C54H39NO. The van der Waals surface area contributed by atoms with Crippen molar-refractivity contribution < 1.29 is 4.42 Å². The Hall–Kier alpha value is -7.16. The zero-order valence-electron chi connectivity index (χ0n) is 31.0. The van der Waals surface area contributed by atoms with Gasteiger partial charge < -0.3 is 9.32 Å². The summed E-state index contributed by atoms with van der Waals surface area (Å²) in [7, 11) is 0. The van der Waals surface area contributed by atoms with Gasteiger partial charge in [-0.1, -0.05) is 170 Å². The number of nitrogens with zero attached hydrogens (tertiary/aromatic N) is 1. The van der Waals surface area contributed by atoms with Crippen molar-refractivity contribution in [3.05, 3.63) is 235 Å². The molecule has 0 aliphatic rings. The fourth-order valence-electron chi connectivity index (χ4n) is 8.22. The largest absolute Gasteiger partial charge is 0.455 e. The highest BCUT2D eigenvalue weighted by Crippen LogP contribution is 2.42. The molecule has 0 aliphatic heterocycles. The second-order valence-electron chi connectivity index (χ2n) is 14.5. The highest BCUT2D eigenvalue weighted by molar-refractivity contribution is 6.09. The van der Waals surface area contributed by atoms with E-state index in [1.807, 2.05) is 12.1 Å². The molecule has 0 unspecified atom stereocenters. The predicted octanol–water partition coefficient (Wildman–Crippen LogP) is 14.7. The van der Waals surface area contributed by atoms with Crippen LogP contribution in [0.2, 0.25) is 0 Å². The average molecular weight is 718 g/mol. The monoisotopic (exact) mass is 717 g/mol. The number of rotatable bonds is 9. The van der Waals surface area contributed by atoms with Gasteiger partial charge in [-0.3, -0.25) is 0 Å². The lowest BCUT2D eigenvalue weighted by atomic mass is 9.89. The minimum atomic E-state index is 0.815. The molecule has 9 aromatic carbocycles. The van der Waals surface area contributed by atoms with Crippen LogP contribution in [-0.4, -0.2) is 0 Å². The lowest BCUT2D eigenvalue weighted by Gasteiger charge is -2.27. The molecular weight excluding hydrogens is 679 g/mol. The number of hydrogen-bond donors (Lipinski definition) is 0. The summed E-state index contributed by atoms with van der Waals surface area (Å²) >= 11 is 0. The lowest BCUT2D eigenvalue weighted by Crippen LogP contribution is -2.11. The lowest BCUT2D eigenvalue weighted by molar-refractivity contribution is 0.670. The maximum Gasteiger partial charge on any atom is 0.143 e. The van der Waals surface area contributed by atoms with E-state index in [9.17, 15) is 0 Å². The van der Waals surface area contributed by atoms with Crippen LogP contribution in [0.1, 0.15) is 22.3 Å². The second-order valence-corrected chi connectivity index (χ2v) is 14.5. The first-order valence-electron chi connectivity index (χ1n) is 19.3. The van der Waals surface area contributed by atoms with Gasteiger partial charge in [-0.05, 0) is 105 Å². The predicted molar refractivity (Wildman–Crippen MR) is 235 cm³/mol. The molecule has 0 radical (unpaired) electrons. The molecule has 0 amide bonds. The molecule has 0 atom stereocenters. The van der Waals surface area contributed by atoms with Gasteiger partial charge in [0.25, 0.3) is 0 Å². The van der Waals surface area contributed by atoms with E-state index in [2.05, 4.69) is 205 Å². The molecule has 0 saturated heterocycles. The summed E-state index contributed by atoms with van der Waals surface area (Å²) in [6.45, 7) is 0. The van der Waals surface area contributed by atoms with Crippen molar-refractivity contribution in [3.63, 3.8) is 0 Å². The number of anilines is 3. The van der Waals surface area contributed by atoms with Gasteiger partial charge in [-0.25, -0.2) is 0 Å². The van der Waals surface area contributed by atoms with Crippen LogP contribution in [0.25, 0.3) is 55.0 Å². The number of hydrogen-bond acceptors (Lipinski definition) is 2. The molecule has 0 saturated carbocycles. The zero-order chi connectivity index (χ0) is 37.3. The molecule has 1 aromatic heterocycles. The Bertz CT molecular complexity index is 2960. The first kappa shape index (κ1) is 33.4. The standard InChI is InChI=1S/C54H39NO/c1-3-14-38(15-4-1)34-43-20-9-10-21-48(43)49-33-32-47(37-44(49)35-39-16-5-2-6-17-39)55(46-31-26-40-18-7-8-19-42(40)36-46)45-29-27-41(28-30-45)50-23-13-24-52-51-22-11-12-25-53(51)56-54(50)52/h1-33,36-37H,34-35H2. The van der Waals surface area contributed by atoms with Crippen LogP contribution in [-0.2, 0) is 12.8 Å². The third-order valence-electron chi connectivity index (χ3n) is 11.0. The molecule has 10 rings (SSSR count). The van der Waals surface area contributed by atoms with Gasteiger partial charge in [0.05, 0.1) is 0 Å². The molecule has 0 fully saturated rings. The van der Waals surface area contributed by atoms with Crippen LogP contribution in [0.15, 0.2) is 217 Å². The van der Waals surface area contributed by atoms with Crippen molar-refractivity contribution in [1.82, 2.24) is 0 Å². The van der Waals surface area contributed by atoms with Gasteiger partial charge in [0.2, 0.25) is 0 Å². The summed E-state index contributed by atoms with van der Waals surface area (Å²) in [6, 6.07) is 76.5. The molecule has 0 N–H and O–H groups in total. The average Bonchev–Trinajstić information content (AvgIpc) is 3.64. The van der Waals surface area contributed by atoms with Crippen LogP contribution in [0.5, 0.6) is 0 Å². The topological polar surface area (TPSA) is 16.4 Å². The van der Waals surface area contributed by atoms with Crippen LogP contribution < -0.4 is 4.90 Å². The highest BCUT2D eigenvalue weighted by Gasteiger charge is 2.19. The third kappa shape index (κ3) is 6.42. The third-order valence-corrected chi connectivity index (χ3v) is 11.0. The number of para-hydroxylation sites is 2.